The number of benzene rings is 2. The van der Waals surface area contributed by atoms with Crippen LogP contribution in [0.4, 0.5) is 0 Å². The van der Waals surface area contributed by atoms with E-state index in [1.165, 1.54) is 0 Å². The van der Waals surface area contributed by atoms with Gasteiger partial charge in [0.25, 0.3) is 5.91 Å². The highest BCUT2D eigenvalue weighted by Crippen LogP contribution is 2.20. The summed E-state index contributed by atoms with van der Waals surface area (Å²) in [7, 11) is 1.61. The third-order valence-corrected chi connectivity index (χ3v) is 4.13. The van der Waals surface area contributed by atoms with E-state index in [4.69, 9.17) is 4.74 Å². The van der Waals surface area contributed by atoms with Gasteiger partial charge < -0.3 is 10.1 Å². The summed E-state index contributed by atoms with van der Waals surface area (Å²) in [6.45, 7) is 3.26. The third-order valence-electron chi connectivity index (χ3n) is 4.13. The van der Waals surface area contributed by atoms with Crippen molar-refractivity contribution in [3.8, 4) is 5.75 Å². The molecule has 0 aliphatic rings. The molecule has 1 N–H and O–H groups in total. The first kappa shape index (κ1) is 16.1. The number of amides is 1. The minimum atomic E-state index is -0.0725. The molecule has 1 heterocycles. The van der Waals surface area contributed by atoms with Crippen molar-refractivity contribution in [3.63, 3.8) is 0 Å². The number of aromatic nitrogens is 2. The SMILES string of the molecule is COc1cccc(C(=O)NCCCn2ncc3ccccc32)c1C. The Morgan fingerprint density at radius 1 is 1.21 bits per heavy atom. The van der Waals surface area contributed by atoms with Gasteiger partial charge in [-0.2, -0.15) is 5.10 Å². The minimum absolute atomic E-state index is 0.0725. The van der Waals surface area contributed by atoms with Gasteiger partial charge in [-0.1, -0.05) is 24.3 Å². The lowest BCUT2D eigenvalue weighted by Gasteiger charge is -2.11. The number of carbonyl (C=O) groups excluding carboxylic acids is 1. The Balaban J connectivity index is 1.56. The van der Waals surface area contributed by atoms with Gasteiger partial charge in [0.15, 0.2) is 0 Å². The summed E-state index contributed by atoms with van der Waals surface area (Å²) in [5.74, 6) is 0.655. The molecule has 2 aromatic carbocycles. The number of rotatable bonds is 6. The number of hydrogen-bond acceptors (Lipinski definition) is 3. The first-order valence-corrected chi connectivity index (χ1v) is 8.03. The molecule has 0 saturated carbocycles. The second-order valence-electron chi connectivity index (χ2n) is 5.67. The maximum Gasteiger partial charge on any atom is 0.251 e. The van der Waals surface area contributed by atoms with Gasteiger partial charge in [-0.25, -0.2) is 0 Å². The molecule has 0 fully saturated rings. The number of methoxy groups -OCH3 is 1. The van der Waals surface area contributed by atoms with E-state index in [2.05, 4.69) is 16.5 Å². The smallest absolute Gasteiger partial charge is 0.251 e. The fraction of sp³-hybridized carbons (Fsp3) is 0.263. The molecular formula is C19H21N3O2. The van der Waals surface area contributed by atoms with Crippen LogP contribution in [-0.2, 0) is 6.54 Å². The predicted molar refractivity (Wildman–Crippen MR) is 94.4 cm³/mol. The Morgan fingerprint density at radius 2 is 2.04 bits per heavy atom. The summed E-state index contributed by atoms with van der Waals surface area (Å²) in [6, 6.07) is 13.6. The Hall–Kier alpha value is -2.82. The first-order chi connectivity index (χ1) is 11.7. The Kier molecular flexibility index (Phi) is 4.79. The molecule has 124 valence electrons. The van der Waals surface area contributed by atoms with Gasteiger partial charge in [-0.3, -0.25) is 9.48 Å². The highest BCUT2D eigenvalue weighted by molar-refractivity contribution is 5.96. The van der Waals surface area contributed by atoms with Gasteiger partial charge in [-0.15, -0.1) is 0 Å². The van der Waals surface area contributed by atoms with Crippen molar-refractivity contribution in [1.82, 2.24) is 15.1 Å². The Morgan fingerprint density at radius 3 is 2.88 bits per heavy atom. The van der Waals surface area contributed by atoms with E-state index < -0.39 is 0 Å². The zero-order chi connectivity index (χ0) is 16.9. The second kappa shape index (κ2) is 7.17. The van der Waals surface area contributed by atoms with Crippen molar-refractivity contribution in [2.45, 2.75) is 19.9 Å². The van der Waals surface area contributed by atoms with Crippen LogP contribution >= 0.6 is 0 Å². The number of hydrogen-bond donors (Lipinski definition) is 1. The standard InChI is InChI=1S/C19H21N3O2/c1-14-16(8-5-10-18(14)24-2)19(23)20-11-6-12-22-17-9-4-3-7-15(17)13-21-22/h3-5,7-10,13H,6,11-12H2,1-2H3,(H,20,23). The number of aryl methyl sites for hydroxylation is 1. The maximum atomic E-state index is 12.3. The second-order valence-corrected chi connectivity index (χ2v) is 5.67. The lowest BCUT2D eigenvalue weighted by molar-refractivity contribution is 0.0951. The average Bonchev–Trinajstić information content (AvgIpc) is 3.02. The molecule has 24 heavy (non-hydrogen) atoms. The number of carbonyl (C=O) groups is 1. The van der Waals surface area contributed by atoms with E-state index in [0.717, 1.165) is 35.2 Å². The highest BCUT2D eigenvalue weighted by Gasteiger charge is 2.11. The fourth-order valence-corrected chi connectivity index (χ4v) is 2.81. The average molecular weight is 323 g/mol. The number of fused-ring (bicyclic) bond motifs is 1. The topological polar surface area (TPSA) is 56.1 Å². The van der Waals surface area contributed by atoms with Crippen LogP contribution < -0.4 is 10.1 Å². The zero-order valence-electron chi connectivity index (χ0n) is 14.0. The summed E-state index contributed by atoms with van der Waals surface area (Å²) in [4.78, 5) is 12.3. The Bertz CT molecular complexity index is 855. The van der Waals surface area contributed by atoms with Crippen LogP contribution in [-0.4, -0.2) is 29.3 Å². The molecule has 0 spiro atoms. The quantitative estimate of drug-likeness (QED) is 0.709. The molecule has 3 aromatic rings. The fourth-order valence-electron chi connectivity index (χ4n) is 2.81. The number of nitrogens with zero attached hydrogens (tertiary/aromatic N) is 2. The van der Waals surface area contributed by atoms with Crippen molar-refractivity contribution in [3.05, 3.63) is 59.8 Å². The molecule has 0 radical (unpaired) electrons. The summed E-state index contributed by atoms with van der Waals surface area (Å²) < 4.78 is 7.23. The Labute approximate surface area is 141 Å². The summed E-state index contributed by atoms with van der Waals surface area (Å²) >= 11 is 0. The lowest BCUT2D eigenvalue weighted by Crippen LogP contribution is -2.26. The summed E-state index contributed by atoms with van der Waals surface area (Å²) in [5.41, 5.74) is 2.63. The molecular weight excluding hydrogens is 302 g/mol. The van der Waals surface area contributed by atoms with Gasteiger partial charge >= 0.3 is 0 Å². The number of ether oxygens (including phenoxy) is 1. The van der Waals surface area contributed by atoms with Crippen molar-refractivity contribution >= 4 is 16.8 Å². The molecule has 0 atom stereocenters. The molecule has 1 aromatic heterocycles. The van der Waals surface area contributed by atoms with Crippen LogP contribution in [0.1, 0.15) is 22.3 Å². The molecule has 5 heteroatoms. The zero-order valence-corrected chi connectivity index (χ0v) is 14.0. The number of para-hydroxylation sites is 1. The third kappa shape index (κ3) is 3.25. The maximum absolute atomic E-state index is 12.3. The van der Waals surface area contributed by atoms with E-state index >= 15 is 0 Å². The molecule has 1 amide bonds. The van der Waals surface area contributed by atoms with Crippen LogP contribution in [0.5, 0.6) is 5.75 Å². The van der Waals surface area contributed by atoms with Crippen LogP contribution in [0, 0.1) is 6.92 Å². The van der Waals surface area contributed by atoms with Crippen molar-refractivity contribution in [2.24, 2.45) is 0 Å². The molecule has 0 aliphatic carbocycles. The van der Waals surface area contributed by atoms with Crippen molar-refractivity contribution in [2.75, 3.05) is 13.7 Å². The first-order valence-electron chi connectivity index (χ1n) is 8.03. The van der Waals surface area contributed by atoms with Crippen LogP contribution in [0.25, 0.3) is 10.9 Å². The lowest BCUT2D eigenvalue weighted by atomic mass is 10.1. The predicted octanol–water partition coefficient (Wildman–Crippen LogP) is 3.17. The van der Waals surface area contributed by atoms with E-state index in [9.17, 15) is 4.79 Å². The van der Waals surface area contributed by atoms with Crippen molar-refractivity contribution < 1.29 is 9.53 Å². The molecule has 0 saturated heterocycles. The van der Waals surface area contributed by atoms with Crippen LogP contribution in [0.3, 0.4) is 0 Å². The molecule has 0 bridgehead atoms. The summed E-state index contributed by atoms with van der Waals surface area (Å²) in [5, 5.41) is 8.49. The molecule has 0 unspecified atom stereocenters. The van der Waals surface area contributed by atoms with Crippen LogP contribution in [0.2, 0.25) is 0 Å². The largest absolute Gasteiger partial charge is 0.496 e. The molecule has 3 rings (SSSR count). The number of nitrogens with one attached hydrogen (secondary N) is 1. The minimum Gasteiger partial charge on any atom is -0.496 e. The van der Waals surface area contributed by atoms with E-state index in [1.807, 2.05) is 54.2 Å². The molecule has 5 nitrogen and oxygen atoms in total. The summed E-state index contributed by atoms with van der Waals surface area (Å²) in [6.07, 6.45) is 2.69. The van der Waals surface area contributed by atoms with Gasteiger partial charge in [-0.05, 0) is 31.5 Å². The highest BCUT2D eigenvalue weighted by atomic mass is 16.5. The van der Waals surface area contributed by atoms with Gasteiger partial charge in [0, 0.05) is 29.6 Å². The van der Waals surface area contributed by atoms with Gasteiger partial charge in [0.1, 0.15) is 5.75 Å². The van der Waals surface area contributed by atoms with Crippen molar-refractivity contribution in [1.29, 1.82) is 0 Å². The van der Waals surface area contributed by atoms with E-state index in [-0.39, 0.29) is 5.91 Å². The van der Waals surface area contributed by atoms with E-state index in [0.29, 0.717) is 12.1 Å². The van der Waals surface area contributed by atoms with Gasteiger partial charge in [0.05, 0.1) is 18.8 Å². The van der Waals surface area contributed by atoms with E-state index in [1.54, 1.807) is 7.11 Å². The normalized spacial score (nSPS) is 10.8. The van der Waals surface area contributed by atoms with Gasteiger partial charge in [0.2, 0.25) is 0 Å². The van der Waals surface area contributed by atoms with Crippen LogP contribution in [0.15, 0.2) is 48.7 Å². The monoisotopic (exact) mass is 323 g/mol. The molecule has 0 aliphatic heterocycles.